The quantitative estimate of drug-likeness (QED) is 0.473. The number of hydrogen-bond donors (Lipinski definition) is 1. The Kier molecular flexibility index (Phi) is 6.26. The average molecular weight is 400 g/mol. The first kappa shape index (κ1) is 19.1. The molecule has 1 amide bonds. The van der Waals surface area contributed by atoms with E-state index in [4.69, 9.17) is 11.6 Å². The fraction of sp³-hybridized carbons (Fsp3) is 0.158. The van der Waals surface area contributed by atoms with Gasteiger partial charge in [0.1, 0.15) is 0 Å². The molecule has 2 aromatic heterocycles. The van der Waals surface area contributed by atoms with E-state index in [1.54, 1.807) is 30.6 Å². The van der Waals surface area contributed by atoms with Crippen LogP contribution in [0, 0.1) is 0 Å². The van der Waals surface area contributed by atoms with Crippen LogP contribution in [0.3, 0.4) is 0 Å². The van der Waals surface area contributed by atoms with Crippen molar-refractivity contribution in [3.63, 3.8) is 0 Å². The second-order valence-electron chi connectivity index (χ2n) is 5.67. The summed E-state index contributed by atoms with van der Waals surface area (Å²) in [4.78, 5) is 16.6. The van der Waals surface area contributed by atoms with E-state index in [0.717, 1.165) is 5.56 Å². The molecule has 3 rings (SSSR count). The summed E-state index contributed by atoms with van der Waals surface area (Å²) in [5, 5.41) is 12.1. The zero-order valence-electron chi connectivity index (χ0n) is 14.7. The molecular weight excluding hydrogens is 382 g/mol. The van der Waals surface area contributed by atoms with Crippen LogP contribution in [0.25, 0.3) is 11.4 Å². The maximum Gasteiger partial charge on any atom is 0.237 e. The maximum absolute atomic E-state index is 12.5. The zero-order valence-corrected chi connectivity index (χ0v) is 16.2. The largest absolute Gasteiger partial charge is 0.324 e. The van der Waals surface area contributed by atoms with Gasteiger partial charge in [0, 0.05) is 24.5 Å². The highest BCUT2D eigenvalue weighted by Crippen LogP contribution is 2.28. The molecule has 0 bridgehead atoms. The highest BCUT2D eigenvalue weighted by molar-refractivity contribution is 8.00. The molecule has 0 aliphatic heterocycles. The molecule has 1 atom stereocenters. The molecule has 1 unspecified atom stereocenters. The van der Waals surface area contributed by atoms with Crippen molar-refractivity contribution >= 4 is 35.0 Å². The van der Waals surface area contributed by atoms with Crippen LogP contribution < -0.4 is 5.32 Å². The lowest BCUT2D eigenvalue weighted by Crippen LogP contribution is -2.23. The van der Waals surface area contributed by atoms with Crippen molar-refractivity contribution in [3.8, 4) is 11.4 Å². The van der Waals surface area contributed by atoms with Crippen molar-refractivity contribution in [2.75, 3.05) is 5.32 Å². The van der Waals surface area contributed by atoms with Crippen LogP contribution in [0.5, 0.6) is 0 Å². The van der Waals surface area contributed by atoms with Crippen LogP contribution in [0.15, 0.2) is 66.6 Å². The Bertz CT molecular complexity index is 944. The van der Waals surface area contributed by atoms with E-state index in [1.165, 1.54) is 11.8 Å². The molecule has 0 radical (unpaired) electrons. The highest BCUT2D eigenvalue weighted by Gasteiger charge is 2.21. The molecule has 3 aromatic rings. The van der Waals surface area contributed by atoms with E-state index in [0.29, 0.717) is 28.2 Å². The SMILES string of the molecule is C=CCn1c(SC(C)C(=O)Nc2ccccc2Cl)nnc1-c1ccncc1. The molecule has 0 saturated carbocycles. The van der Waals surface area contributed by atoms with Gasteiger partial charge in [-0.3, -0.25) is 14.3 Å². The summed E-state index contributed by atoms with van der Waals surface area (Å²) in [5.41, 5.74) is 1.49. The molecule has 1 N–H and O–H groups in total. The molecule has 6 nitrogen and oxygen atoms in total. The molecule has 0 fully saturated rings. The van der Waals surface area contributed by atoms with Gasteiger partial charge in [0.2, 0.25) is 5.91 Å². The number of carbonyl (C=O) groups is 1. The first-order chi connectivity index (χ1) is 13.1. The number of aromatic nitrogens is 4. The van der Waals surface area contributed by atoms with E-state index in [9.17, 15) is 4.79 Å². The number of benzene rings is 1. The lowest BCUT2D eigenvalue weighted by Gasteiger charge is -2.13. The number of amides is 1. The predicted molar refractivity (Wildman–Crippen MR) is 109 cm³/mol. The Balaban J connectivity index is 1.78. The molecule has 8 heteroatoms. The molecule has 1 aromatic carbocycles. The molecular formula is C19H18ClN5OS. The average Bonchev–Trinajstić information content (AvgIpc) is 3.07. The minimum Gasteiger partial charge on any atom is -0.324 e. The number of para-hydroxylation sites is 1. The van der Waals surface area contributed by atoms with Gasteiger partial charge in [-0.15, -0.1) is 16.8 Å². The van der Waals surface area contributed by atoms with Gasteiger partial charge in [0.05, 0.1) is 16.0 Å². The Labute approximate surface area is 166 Å². The van der Waals surface area contributed by atoms with Gasteiger partial charge in [-0.05, 0) is 31.2 Å². The number of halogens is 1. The van der Waals surface area contributed by atoms with E-state index in [2.05, 4.69) is 27.1 Å². The molecule has 0 saturated heterocycles. The number of pyridine rings is 1. The number of allylic oxidation sites excluding steroid dienone is 1. The molecule has 0 aliphatic carbocycles. The standard InChI is InChI=1S/C19H18ClN5OS/c1-3-12-25-17(14-8-10-21-11-9-14)23-24-19(25)27-13(2)18(26)22-16-7-5-4-6-15(16)20/h3-11,13H,1,12H2,2H3,(H,22,26). The van der Waals surface area contributed by atoms with Crippen LogP contribution in [-0.4, -0.2) is 30.9 Å². The first-order valence-corrected chi connectivity index (χ1v) is 9.52. The summed E-state index contributed by atoms with van der Waals surface area (Å²) in [6.07, 6.45) is 5.18. The third-order valence-corrected chi connectivity index (χ3v) is 5.16. The van der Waals surface area contributed by atoms with Crippen LogP contribution in [0.2, 0.25) is 5.02 Å². The molecule has 0 spiro atoms. The van der Waals surface area contributed by atoms with Gasteiger partial charge in [0.25, 0.3) is 0 Å². The van der Waals surface area contributed by atoms with E-state index in [1.807, 2.05) is 35.8 Å². The molecule has 2 heterocycles. The topological polar surface area (TPSA) is 72.7 Å². The van der Waals surface area contributed by atoms with Gasteiger partial charge in [-0.2, -0.15) is 0 Å². The normalized spacial score (nSPS) is 11.8. The summed E-state index contributed by atoms with van der Waals surface area (Å²) in [7, 11) is 0. The van der Waals surface area contributed by atoms with Gasteiger partial charge >= 0.3 is 0 Å². The van der Waals surface area contributed by atoms with Crippen molar-refractivity contribution in [1.29, 1.82) is 0 Å². The monoisotopic (exact) mass is 399 g/mol. The van der Waals surface area contributed by atoms with Gasteiger partial charge in [-0.25, -0.2) is 0 Å². The number of carbonyl (C=O) groups excluding carboxylic acids is 1. The van der Waals surface area contributed by atoms with Crippen molar-refractivity contribution in [1.82, 2.24) is 19.7 Å². The van der Waals surface area contributed by atoms with Crippen molar-refractivity contribution < 1.29 is 4.79 Å². The highest BCUT2D eigenvalue weighted by atomic mass is 35.5. The summed E-state index contributed by atoms with van der Waals surface area (Å²) in [6.45, 7) is 6.15. The summed E-state index contributed by atoms with van der Waals surface area (Å²) >= 11 is 7.44. The third-order valence-electron chi connectivity index (χ3n) is 3.75. The number of anilines is 1. The van der Waals surface area contributed by atoms with Gasteiger partial charge in [-0.1, -0.05) is 41.6 Å². The smallest absolute Gasteiger partial charge is 0.237 e. The minimum atomic E-state index is -0.390. The number of rotatable bonds is 7. The van der Waals surface area contributed by atoms with Crippen LogP contribution in [-0.2, 0) is 11.3 Å². The van der Waals surface area contributed by atoms with Crippen LogP contribution in [0.1, 0.15) is 6.92 Å². The summed E-state index contributed by atoms with van der Waals surface area (Å²) < 4.78 is 1.92. The van der Waals surface area contributed by atoms with Gasteiger partial charge < -0.3 is 5.32 Å². The van der Waals surface area contributed by atoms with E-state index < -0.39 is 0 Å². The lowest BCUT2D eigenvalue weighted by atomic mass is 10.2. The minimum absolute atomic E-state index is 0.160. The fourth-order valence-corrected chi connectivity index (χ4v) is 3.43. The summed E-state index contributed by atoms with van der Waals surface area (Å²) in [5.74, 6) is 0.547. The van der Waals surface area contributed by atoms with Crippen molar-refractivity contribution in [2.24, 2.45) is 0 Å². The fourth-order valence-electron chi connectivity index (χ4n) is 2.39. The second kappa shape index (κ2) is 8.83. The van der Waals surface area contributed by atoms with Crippen LogP contribution >= 0.6 is 23.4 Å². The summed E-state index contributed by atoms with van der Waals surface area (Å²) in [6, 6.07) is 10.9. The number of nitrogens with zero attached hydrogens (tertiary/aromatic N) is 4. The first-order valence-electron chi connectivity index (χ1n) is 8.26. The molecule has 27 heavy (non-hydrogen) atoms. The number of nitrogens with one attached hydrogen (secondary N) is 1. The van der Waals surface area contributed by atoms with Crippen molar-refractivity contribution in [2.45, 2.75) is 23.9 Å². The Hall–Kier alpha value is -2.64. The maximum atomic E-state index is 12.5. The third kappa shape index (κ3) is 4.56. The molecule has 0 aliphatic rings. The Morgan fingerprint density at radius 1 is 1.30 bits per heavy atom. The Morgan fingerprint density at radius 3 is 2.74 bits per heavy atom. The second-order valence-corrected chi connectivity index (χ2v) is 7.39. The molecule has 138 valence electrons. The van der Waals surface area contributed by atoms with E-state index in [-0.39, 0.29) is 11.2 Å². The van der Waals surface area contributed by atoms with Crippen LogP contribution in [0.4, 0.5) is 5.69 Å². The zero-order chi connectivity index (χ0) is 19.2. The van der Waals surface area contributed by atoms with E-state index >= 15 is 0 Å². The van der Waals surface area contributed by atoms with Crippen molar-refractivity contribution in [3.05, 3.63) is 66.5 Å². The number of hydrogen-bond acceptors (Lipinski definition) is 5. The van der Waals surface area contributed by atoms with Gasteiger partial charge in [0.15, 0.2) is 11.0 Å². The lowest BCUT2D eigenvalue weighted by molar-refractivity contribution is -0.115. The Morgan fingerprint density at radius 2 is 2.04 bits per heavy atom. The predicted octanol–water partition coefficient (Wildman–Crippen LogP) is 4.30. The number of thioether (sulfide) groups is 1.